The first-order valence-electron chi connectivity index (χ1n) is 9.15. The minimum absolute atomic E-state index is 0.0555. The summed E-state index contributed by atoms with van der Waals surface area (Å²) in [5.41, 5.74) is 1.51. The van der Waals surface area contributed by atoms with Crippen molar-refractivity contribution in [2.45, 2.75) is 31.8 Å². The van der Waals surface area contributed by atoms with Crippen LogP contribution >= 0.6 is 0 Å². The molecule has 0 spiro atoms. The van der Waals surface area contributed by atoms with Crippen LogP contribution in [-0.4, -0.2) is 35.0 Å². The summed E-state index contributed by atoms with van der Waals surface area (Å²) in [7, 11) is 0. The van der Waals surface area contributed by atoms with E-state index in [0.717, 1.165) is 25.9 Å². The fourth-order valence-corrected chi connectivity index (χ4v) is 3.64. The van der Waals surface area contributed by atoms with Gasteiger partial charge in [-0.1, -0.05) is 36.4 Å². The molecule has 2 aromatic carbocycles. The first-order chi connectivity index (χ1) is 13.0. The van der Waals surface area contributed by atoms with Gasteiger partial charge in [0, 0.05) is 23.9 Å². The number of non-ortho nitro benzene ring substituents is 1. The number of carbonyl (C=O) groups excluding carboxylic acids is 1. The molecule has 7 nitrogen and oxygen atoms in total. The Morgan fingerprint density at radius 1 is 1.11 bits per heavy atom. The third kappa shape index (κ3) is 4.83. The second-order valence-electron chi connectivity index (χ2n) is 6.79. The van der Waals surface area contributed by atoms with Gasteiger partial charge in [-0.25, -0.2) is 4.79 Å². The van der Waals surface area contributed by atoms with Crippen LogP contribution in [0.5, 0.6) is 0 Å². The first kappa shape index (κ1) is 18.8. The van der Waals surface area contributed by atoms with Gasteiger partial charge in [0.25, 0.3) is 5.69 Å². The molecule has 7 heteroatoms. The summed E-state index contributed by atoms with van der Waals surface area (Å²) >= 11 is 0. The fourth-order valence-electron chi connectivity index (χ4n) is 3.64. The van der Waals surface area contributed by atoms with Crippen molar-refractivity contribution < 1.29 is 9.72 Å². The van der Waals surface area contributed by atoms with E-state index in [1.165, 1.54) is 17.7 Å². The van der Waals surface area contributed by atoms with Crippen LogP contribution in [0.1, 0.15) is 31.4 Å². The predicted octanol–water partition coefficient (Wildman–Crippen LogP) is 3.94. The molecule has 2 aromatic rings. The monoisotopic (exact) mass is 368 g/mol. The number of hydrogen-bond acceptors (Lipinski definition) is 4. The van der Waals surface area contributed by atoms with Gasteiger partial charge in [-0.05, 0) is 44.5 Å². The molecule has 2 amide bonds. The third-order valence-corrected chi connectivity index (χ3v) is 4.82. The zero-order chi connectivity index (χ0) is 19.2. The van der Waals surface area contributed by atoms with Crippen molar-refractivity contribution in [1.29, 1.82) is 0 Å². The number of nitro groups is 1. The lowest BCUT2D eigenvalue weighted by Crippen LogP contribution is -2.45. The van der Waals surface area contributed by atoms with Crippen LogP contribution in [0.15, 0.2) is 54.6 Å². The summed E-state index contributed by atoms with van der Waals surface area (Å²) < 4.78 is 0. The van der Waals surface area contributed by atoms with Crippen LogP contribution in [0.25, 0.3) is 0 Å². The minimum Gasteiger partial charge on any atom is -0.333 e. The molecule has 1 aliphatic rings. The van der Waals surface area contributed by atoms with E-state index in [4.69, 9.17) is 0 Å². The normalized spacial score (nSPS) is 16.5. The highest BCUT2D eigenvalue weighted by molar-refractivity contribution is 5.89. The Morgan fingerprint density at radius 2 is 1.81 bits per heavy atom. The van der Waals surface area contributed by atoms with Gasteiger partial charge in [-0.2, -0.15) is 0 Å². The number of benzene rings is 2. The van der Waals surface area contributed by atoms with Crippen LogP contribution in [0.2, 0.25) is 0 Å². The largest absolute Gasteiger partial charge is 0.333 e. The molecule has 1 aliphatic heterocycles. The topological polar surface area (TPSA) is 87.5 Å². The summed E-state index contributed by atoms with van der Waals surface area (Å²) in [5.74, 6) is 0. The molecule has 0 aliphatic carbocycles. The maximum absolute atomic E-state index is 12.4. The van der Waals surface area contributed by atoms with Gasteiger partial charge in [0.05, 0.1) is 11.0 Å². The number of amides is 2. The summed E-state index contributed by atoms with van der Waals surface area (Å²) in [6.07, 6.45) is 2.33. The zero-order valence-corrected chi connectivity index (χ0v) is 15.3. The summed E-state index contributed by atoms with van der Waals surface area (Å²) in [5, 5.41) is 16.6. The van der Waals surface area contributed by atoms with E-state index in [-0.39, 0.29) is 23.8 Å². The molecule has 1 fully saturated rings. The number of rotatable bonds is 6. The predicted molar refractivity (Wildman–Crippen MR) is 105 cm³/mol. The molecule has 27 heavy (non-hydrogen) atoms. The maximum Gasteiger partial charge on any atom is 0.319 e. The van der Waals surface area contributed by atoms with Crippen molar-refractivity contribution in [2.24, 2.45) is 0 Å². The SMILES string of the molecule is CC(NC(=O)Nc1cccc([N+](=O)[O-])c1)C(c1ccccc1)N1CCCC1. The summed E-state index contributed by atoms with van der Waals surface area (Å²) in [6.45, 7) is 4.01. The zero-order valence-electron chi connectivity index (χ0n) is 15.3. The van der Waals surface area contributed by atoms with Gasteiger partial charge >= 0.3 is 6.03 Å². The smallest absolute Gasteiger partial charge is 0.319 e. The average Bonchev–Trinajstić information content (AvgIpc) is 3.17. The van der Waals surface area contributed by atoms with Crippen molar-refractivity contribution in [3.63, 3.8) is 0 Å². The number of carbonyl (C=O) groups is 1. The number of nitro benzene ring substituents is 1. The van der Waals surface area contributed by atoms with Crippen molar-refractivity contribution >= 4 is 17.4 Å². The summed E-state index contributed by atoms with van der Waals surface area (Å²) in [4.78, 5) is 25.2. The van der Waals surface area contributed by atoms with Crippen molar-refractivity contribution in [1.82, 2.24) is 10.2 Å². The number of nitrogens with zero attached hydrogens (tertiary/aromatic N) is 2. The van der Waals surface area contributed by atoms with Gasteiger partial charge in [0.2, 0.25) is 0 Å². The Bertz CT molecular complexity index is 791. The molecule has 2 unspecified atom stereocenters. The van der Waals surface area contributed by atoms with Crippen LogP contribution < -0.4 is 10.6 Å². The highest BCUT2D eigenvalue weighted by atomic mass is 16.6. The molecule has 142 valence electrons. The Kier molecular flexibility index (Phi) is 6.03. The Labute approximate surface area is 158 Å². The van der Waals surface area contributed by atoms with Crippen LogP contribution in [0.4, 0.5) is 16.2 Å². The van der Waals surface area contributed by atoms with Gasteiger partial charge in [-0.3, -0.25) is 15.0 Å². The molecule has 2 N–H and O–H groups in total. The maximum atomic E-state index is 12.4. The lowest BCUT2D eigenvalue weighted by atomic mass is 9.99. The van der Waals surface area contributed by atoms with E-state index in [0.29, 0.717) is 5.69 Å². The van der Waals surface area contributed by atoms with E-state index in [9.17, 15) is 14.9 Å². The summed E-state index contributed by atoms with van der Waals surface area (Å²) in [6, 6.07) is 15.7. The Balaban J connectivity index is 1.69. The minimum atomic E-state index is -0.482. The highest BCUT2D eigenvalue weighted by Crippen LogP contribution is 2.28. The number of hydrogen-bond donors (Lipinski definition) is 2. The second kappa shape index (κ2) is 8.64. The highest BCUT2D eigenvalue weighted by Gasteiger charge is 2.29. The van der Waals surface area contributed by atoms with Crippen LogP contribution in [0, 0.1) is 10.1 Å². The van der Waals surface area contributed by atoms with Crippen molar-refractivity contribution in [2.75, 3.05) is 18.4 Å². The number of anilines is 1. The van der Waals surface area contributed by atoms with Gasteiger partial charge in [0.1, 0.15) is 0 Å². The fraction of sp³-hybridized carbons (Fsp3) is 0.350. The first-order valence-corrected chi connectivity index (χ1v) is 9.15. The lowest BCUT2D eigenvalue weighted by molar-refractivity contribution is -0.384. The van der Waals surface area contributed by atoms with Gasteiger partial charge in [0.15, 0.2) is 0 Å². The van der Waals surface area contributed by atoms with E-state index in [1.54, 1.807) is 12.1 Å². The van der Waals surface area contributed by atoms with Crippen molar-refractivity contribution in [3.05, 3.63) is 70.3 Å². The van der Waals surface area contributed by atoms with Crippen LogP contribution in [-0.2, 0) is 0 Å². The van der Waals surface area contributed by atoms with Crippen LogP contribution in [0.3, 0.4) is 0 Å². The quantitative estimate of drug-likeness (QED) is 0.597. The molecule has 0 radical (unpaired) electrons. The van der Waals surface area contributed by atoms with Gasteiger partial charge < -0.3 is 10.6 Å². The number of urea groups is 1. The van der Waals surface area contributed by atoms with E-state index < -0.39 is 4.92 Å². The van der Waals surface area contributed by atoms with E-state index in [2.05, 4.69) is 27.7 Å². The Morgan fingerprint density at radius 3 is 2.48 bits per heavy atom. The third-order valence-electron chi connectivity index (χ3n) is 4.82. The molecule has 1 heterocycles. The lowest BCUT2D eigenvalue weighted by Gasteiger charge is -2.33. The number of likely N-dealkylation sites (tertiary alicyclic amines) is 1. The Hall–Kier alpha value is -2.93. The molecule has 0 bridgehead atoms. The molecular formula is C20H24N4O3. The molecule has 0 saturated carbocycles. The number of nitrogens with one attached hydrogen (secondary N) is 2. The standard InChI is InChI=1S/C20H24N4O3/c1-15(19(23-12-5-6-13-23)16-8-3-2-4-9-16)21-20(25)22-17-10-7-11-18(14-17)24(26)27/h2-4,7-11,14-15,19H,5-6,12-13H2,1H3,(H2,21,22,25). The van der Waals surface area contributed by atoms with E-state index in [1.807, 2.05) is 25.1 Å². The van der Waals surface area contributed by atoms with Crippen molar-refractivity contribution in [3.8, 4) is 0 Å². The molecule has 3 rings (SSSR count). The average molecular weight is 368 g/mol. The molecule has 0 aromatic heterocycles. The second-order valence-corrected chi connectivity index (χ2v) is 6.79. The molecule has 2 atom stereocenters. The molecular weight excluding hydrogens is 344 g/mol. The molecule has 1 saturated heterocycles. The van der Waals surface area contributed by atoms with Gasteiger partial charge in [-0.15, -0.1) is 0 Å². The van der Waals surface area contributed by atoms with E-state index >= 15 is 0 Å².